The van der Waals surface area contributed by atoms with Crippen LogP contribution in [-0.4, -0.2) is 13.1 Å². The fraction of sp³-hybridized carbons (Fsp3) is 0.278. The number of esters is 1. The van der Waals surface area contributed by atoms with Gasteiger partial charge >= 0.3 is 5.97 Å². The molecule has 0 aliphatic heterocycles. The van der Waals surface area contributed by atoms with Gasteiger partial charge in [-0.15, -0.1) is 0 Å². The van der Waals surface area contributed by atoms with E-state index in [0.717, 1.165) is 5.75 Å². The van der Waals surface area contributed by atoms with Gasteiger partial charge in [0.2, 0.25) is 0 Å². The van der Waals surface area contributed by atoms with E-state index < -0.39 is 0 Å². The highest BCUT2D eigenvalue weighted by Crippen LogP contribution is 2.54. The molecule has 0 heterocycles. The van der Waals surface area contributed by atoms with Crippen LogP contribution < -0.4 is 9.47 Å². The van der Waals surface area contributed by atoms with Gasteiger partial charge in [-0.2, -0.15) is 0 Å². The summed E-state index contributed by atoms with van der Waals surface area (Å²) in [6.45, 7) is 2.09. The first-order valence-corrected chi connectivity index (χ1v) is 7.11. The molecule has 0 saturated heterocycles. The molecule has 1 aliphatic rings. The van der Waals surface area contributed by atoms with Gasteiger partial charge in [0, 0.05) is 5.92 Å². The summed E-state index contributed by atoms with van der Waals surface area (Å²) in [5.74, 6) is 1.72. The highest BCUT2D eigenvalue weighted by Gasteiger charge is 2.53. The molecule has 0 radical (unpaired) electrons. The Kier molecular flexibility index (Phi) is 3.65. The zero-order valence-corrected chi connectivity index (χ0v) is 12.2. The van der Waals surface area contributed by atoms with E-state index in [1.807, 2.05) is 18.2 Å². The Morgan fingerprint density at radius 3 is 2.19 bits per heavy atom. The molecule has 3 heteroatoms. The van der Waals surface area contributed by atoms with Gasteiger partial charge in [-0.25, -0.2) is 0 Å². The van der Waals surface area contributed by atoms with Crippen LogP contribution in [0.5, 0.6) is 11.5 Å². The summed E-state index contributed by atoms with van der Waals surface area (Å²) < 4.78 is 10.6. The number of carbonyl (C=O) groups excluding carboxylic acids is 1. The summed E-state index contributed by atoms with van der Waals surface area (Å²) in [6.07, 6.45) is 0. The maximum Gasteiger partial charge on any atom is 0.315 e. The Bertz CT molecular complexity index is 619. The monoisotopic (exact) mass is 282 g/mol. The molecule has 3 atom stereocenters. The van der Waals surface area contributed by atoms with Crippen LogP contribution in [0.25, 0.3) is 0 Å². The minimum atomic E-state index is -0.151. The van der Waals surface area contributed by atoms with Crippen LogP contribution in [0.2, 0.25) is 0 Å². The van der Waals surface area contributed by atoms with Crippen LogP contribution in [0.4, 0.5) is 0 Å². The first kappa shape index (κ1) is 13.7. The van der Waals surface area contributed by atoms with Crippen LogP contribution in [0.15, 0.2) is 54.6 Å². The van der Waals surface area contributed by atoms with E-state index in [1.165, 1.54) is 5.56 Å². The molecule has 108 valence electrons. The lowest BCUT2D eigenvalue weighted by molar-refractivity contribution is -0.136. The van der Waals surface area contributed by atoms with E-state index in [2.05, 4.69) is 19.1 Å². The average Bonchev–Trinajstić information content (AvgIpc) is 3.20. The molecule has 3 rings (SSSR count). The molecule has 2 aromatic carbocycles. The molecule has 1 fully saturated rings. The van der Waals surface area contributed by atoms with Crippen molar-refractivity contribution in [3.8, 4) is 11.5 Å². The van der Waals surface area contributed by atoms with E-state index in [4.69, 9.17) is 9.47 Å². The van der Waals surface area contributed by atoms with Gasteiger partial charge in [0.15, 0.2) is 0 Å². The third-order valence-electron chi connectivity index (χ3n) is 4.11. The van der Waals surface area contributed by atoms with Crippen LogP contribution in [-0.2, 0) is 4.79 Å². The number of rotatable bonds is 4. The molecule has 0 amide bonds. The van der Waals surface area contributed by atoms with Gasteiger partial charge in [0.05, 0.1) is 13.0 Å². The maximum atomic E-state index is 12.3. The summed E-state index contributed by atoms with van der Waals surface area (Å²) in [5, 5.41) is 0. The number of hydrogen-bond acceptors (Lipinski definition) is 3. The molecular formula is C18H18O3. The zero-order chi connectivity index (χ0) is 14.8. The lowest BCUT2D eigenvalue weighted by Crippen LogP contribution is -2.12. The zero-order valence-electron chi connectivity index (χ0n) is 12.2. The maximum absolute atomic E-state index is 12.3. The van der Waals surface area contributed by atoms with E-state index in [0.29, 0.717) is 11.7 Å². The highest BCUT2D eigenvalue weighted by molar-refractivity contribution is 5.80. The smallest absolute Gasteiger partial charge is 0.315 e. The van der Waals surface area contributed by atoms with Crippen LogP contribution in [0.1, 0.15) is 18.4 Å². The van der Waals surface area contributed by atoms with Crippen LogP contribution in [0.3, 0.4) is 0 Å². The summed E-state index contributed by atoms with van der Waals surface area (Å²) in [5.41, 5.74) is 1.21. The quantitative estimate of drug-likeness (QED) is 0.634. The molecule has 1 saturated carbocycles. The summed E-state index contributed by atoms with van der Waals surface area (Å²) in [7, 11) is 1.61. The number of hydrogen-bond donors (Lipinski definition) is 0. The second-order valence-corrected chi connectivity index (χ2v) is 5.42. The van der Waals surface area contributed by atoms with Crippen molar-refractivity contribution in [2.24, 2.45) is 11.8 Å². The summed E-state index contributed by atoms with van der Waals surface area (Å²) >= 11 is 0. The van der Waals surface area contributed by atoms with E-state index in [9.17, 15) is 4.79 Å². The Hall–Kier alpha value is -2.29. The Morgan fingerprint density at radius 2 is 1.57 bits per heavy atom. The fourth-order valence-corrected chi connectivity index (χ4v) is 2.84. The topological polar surface area (TPSA) is 35.5 Å². The summed E-state index contributed by atoms with van der Waals surface area (Å²) in [4.78, 5) is 12.3. The van der Waals surface area contributed by atoms with Crippen LogP contribution in [0, 0.1) is 11.8 Å². The molecule has 0 N–H and O–H groups in total. The first-order valence-electron chi connectivity index (χ1n) is 7.11. The second-order valence-electron chi connectivity index (χ2n) is 5.42. The van der Waals surface area contributed by atoms with Crippen molar-refractivity contribution < 1.29 is 14.3 Å². The molecule has 2 aromatic rings. The molecule has 0 bridgehead atoms. The minimum Gasteiger partial charge on any atom is -0.497 e. The molecule has 1 aliphatic carbocycles. The SMILES string of the molecule is COc1ccc(OC(=O)[C@H]2[C@@H](C)[C@@H]2c2ccccc2)cc1. The van der Waals surface area contributed by atoms with Gasteiger partial charge in [-0.05, 0) is 35.7 Å². The van der Waals surface area contributed by atoms with Gasteiger partial charge in [-0.3, -0.25) is 4.79 Å². The van der Waals surface area contributed by atoms with Crippen molar-refractivity contribution in [1.82, 2.24) is 0 Å². The second kappa shape index (κ2) is 5.60. The van der Waals surface area contributed by atoms with Gasteiger partial charge < -0.3 is 9.47 Å². The normalized spacial score (nSPS) is 23.4. The van der Waals surface area contributed by atoms with Crippen molar-refractivity contribution in [1.29, 1.82) is 0 Å². The Labute approximate surface area is 124 Å². The third kappa shape index (κ3) is 2.77. The number of methoxy groups -OCH3 is 1. The van der Waals surface area contributed by atoms with E-state index >= 15 is 0 Å². The standard InChI is InChI=1S/C18H18O3/c1-12-16(13-6-4-3-5-7-13)17(12)18(19)21-15-10-8-14(20-2)9-11-15/h3-12,16-17H,1-2H3/t12-,16+,17-/m0/s1. The molecule has 0 aromatic heterocycles. The highest BCUT2D eigenvalue weighted by atomic mass is 16.5. The third-order valence-corrected chi connectivity index (χ3v) is 4.11. The predicted molar refractivity (Wildman–Crippen MR) is 80.5 cm³/mol. The molecular weight excluding hydrogens is 264 g/mol. The number of benzene rings is 2. The predicted octanol–water partition coefficient (Wildman–Crippen LogP) is 3.65. The first-order chi connectivity index (χ1) is 10.2. The molecule has 3 nitrogen and oxygen atoms in total. The van der Waals surface area contributed by atoms with Crippen molar-refractivity contribution in [2.75, 3.05) is 7.11 Å². The lowest BCUT2D eigenvalue weighted by Gasteiger charge is -2.05. The largest absolute Gasteiger partial charge is 0.497 e. The number of ether oxygens (including phenoxy) is 2. The van der Waals surface area contributed by atoms with Crippen molar-refractivity contribution >= 4 is 5.97 Å². The minimum absolute atomic E-state index is 0.0468. The van der Waals surface area contributed by atoms with E-state index in [-0.39, 0.29) is 17.8 Å². The Balaban J connectivity index is 1.66. The van der Waals surface area contributed by atoms with Gasteiger partial charge in [-0.1, -0.05) is 37.3 Å². The Morgan fingerprint density at radius 1 is 0.952 bits per heavy atom. The van der Waals surface area contributed by atoms with Gasteiger partial charge in [0.25, 0.3) is 0 Å². The van der Waals surface area contributed by atoms with Crippen molar-refractivity contribution in [3.63, 3.8) is 0 Å². The van der Waals surface area contributed by atoms with Crippen LogP contribution >= 0.6 is 0 Å². The average molecular weight is 282 g/mol. The van der Waals surface area contributed by atoms with Crippen molar-refractivity contribution in [2.45, 2.75) is 12.8 Å². The molecule has 21 heavy (non-hydrogen) atoms. The van der Waals surface area contributed by atoms with Gasteiger partial charge in [0.1, 0.15) is 11.5 Å². The molecule has 0 unspecified atom stereocenters. The number of carbonyl (C=O) groups is 1. The van der Waals surface area contributed by atoms with Crippen molar-refractivity contribution in [3.05, 3.63) is 60.2 Å². The molecule has 0 spiro atoms. The van der Waals surface area contributed by atoms with E-state index in [1.54, 1.807) is 31.4 Å². The lowest BCUT2D eigenvalue weighted by atomic mass is 10.1. The fourth-order valence-electron chi connectivity index (χ4n) is 2.84. The summed E-state index contributed by atoms with van der Waals surface area (Å²) in [6, 6.07) is 17.2.